The Labute approximate surface area is 121 Å². The van der Waals surface area contributed by atoms with Crippen molar-refractivity contribution in [1.29, 1.82) is 0 Å². The Balaban J connectivity index is 2.18. The van der Waals surface area contributed by atoms with Gasteiger partial charge in [0.15, 0.2) is 0 Å². The third-order valence-electron chi connectivity index (χ3n) is 3.73. The molecule has 0 saturated carbocycles. The van der Waals surface area contributed by atoms with Gasteiger partial charge in [0.1, 0.15) is 5.82 Å². The predicted octanol–water partition coefficient (Wildman–Crippen LogP) is 1.55. The Hall–Kier alpha value is -1.76. The molecule has 2 aromatic heterocycles. The molecule has 3 heterocycles. The van der Waals surface area contributed by atoms with Crippen LogP contribution in [-0.4, -0.2) is 31.2 Å². The molecular weight excluding hydrogens is 274 g/mol. The van der Waals surface area contributed by atoms with Gasteiger partial charge in [0.2, 0.25) is 5.91 Å². The first-order chi connectivity index (χ1) is 9.49. The summed E-state index contributed by atoms with van der Waals surface area (Å²) in [7, 11) is 3.79. The lowest BCUT2D eigenvalue weighted by atomic mass is 10.1. The molecule has 3 rings (SSSR count). The zero-order valence-electron chi connectivity index (χ0n) is 12.0. The first kappa shape index (κ1) is 13.2. The summed E-state index contributed by atoms with van der Waals surface area (Å²) in [6, 6.07) is 0. The van der Waals surface area contributed by atoms with E-state index in [1.807, 2.05) is 31.9 Å². The SMILES string of the molecule is Cc1nn(C)c2c1[C@H](c1cnn(C)c1C)SCC(=O)N2. The molecule has 106 valence electrons. The highest BCUT2D eigenvalue weighted by Gasteiger charge is 2.31. The molecule has 20 heavy (non-hydrogen) atoms. The summed E-state index contributed by atoms with van der Waals surface area (Å²) in [5.41, 5.74) is 4.29. The number of anilines is 1. The first-order valence-electron chi connectivity index (χ1n) is 6.42. The molecule has 1 aliphatic heterocycles. The minimum atomic E-state index is 0.0169. The van der Waals surface area contributed by atoms with Crippen LogP contribution >= 0.6 is 11.8 Å². The lowest BCUT2D eigenvalue weighted by Crippen LogP contribution is -2.15. The van der Waals surface area contributed by atoms with Gasteiger partial charge in [-0.15, -0.1) is 11.8 Å². The third kappa shape index (κ3) is 1.93. The van der Waals surface area contributed by atoms with Gasteiger partial charge in [-0.2, -0.15) is 10.2 Å². The molecule has 1 N–H and O–H groups in total. The van der Waals surface area contributed by atoms with E-state index in [4.69, 9.17) is 0 Å². The zero-order chi connectivity index (χ0) is 14.4. The molecule has 0 fully saturated rings. The van der Waals surface area contributed by atoms with Gasteiger partial charge in [-0.25, -0.2) is 0 Å². The van der Waals surface area contributed by atoms with Gasteiger partial charge < -0.3 is 5.32 Å². The van der Waals surface area contributed by atoms with Crippen LogP contribution in [0.5, 0.6) is 0 Å². The molecule has 0 spiro atoms. The number of hydrogen-bond donors (Lipinski definition) is 1. The largest absolute Gasteiger partial charge is 0.310 e. The fourth-order valence-corrected chi connectivity index (χ4v) is 3.82. The van der Waals surface area contributed by atoms with Crippen LogP contribution in [0.2, 0.25) is 0 Å². The highest BCUT2D eigenvalue weighted by Crippen LogP contribution is 2.43. The second-order valence-corrected chi connectivity index (χ2v) is 6.11. The second kappa shape index (κ2) is 4.66. The minimum Gasteiger partial charge on any atom is -0.310 e. The Bertz CT molecular complexity index is 687. The molecule has 7 heteroatoms. The number of amides is 1. The Morgan fingerprint density at radius 1 is 1.35 bits per heavy atom. The monoisotopic (exact) mass is 291 g/mol. The average Bonchev–Trinajstić information content (AvgIpc) is 2.78. The van der Waals surface area contributed by atoms with Crippen LogP contribution < -0.4 is 5.32 Å². The lowest BCUT2D eigenvalue weighted by Gasteiger charge is -2.14. The maximum atomic E-state index is 11.9. The van der Waals surface area contributed by atoms with Crippen molar-refractivity contribution in [2.24, 2.45) is 14.1 Å². The van der Waals surface area contributed by atoms with Crippen molar-refractivity contribution in [1.82, 2.24) is 19.6 Å². The standard InChI is InChI=1S/C13H17N5OS/c1-7-11-12(9-5-14-17(3)8(9)2)20-6-10(19)15-13(11)18(4)16-7/h5,12H,6H2,1-4H3,(H,15,19)/t12-/m0/s1. The number of carbonyl (C=O) groups excluding carboxylic acids is 1. The quantitative estimate of drug-likeness (QED) is 0.865. The van der Waals surface area contributed by atoms with E-state index in [-0.39, 0.29) is 11.2 Å². The molecule has 0 radical (unpaired) electrons. The maximum Gasteiger partial charge on any atom is 0.235 e. The second-order valence-electron chi connectivity index (χ2n) is 5.02. The smallest absolute Gasteiger partial charge is 0.235 e. The number of rotatable bonds is 1. The topological polar surface area (TPSA) is 64.7 Å². The van der Waals surface area contributed by atoms with Crippen molar-refractivity contribution in [2.75, 3.05) is 11.1 Å². The number of thioether (sulfide) groups is 1. The van der Waals surface area contributed by atoms with Gasteiger partial charge in [-0.3, -0.25) is 14.2 Å². The summed E-state index contributed by atoms with van der Waals surface area (Å²) in [5, 5.41) is 11.8. The van der Waals surface area contributed by atoms with Crippen LogP contribution in [0, 0.1) is 13.8 Å². The van der Waals surface area contributed by atoms with E-state index in [2.05, 4.69) is 22.4 Å². The van der Waals surface area contributed by atoms with E-state index in [1.165, 1.54) is 0 Å². The van der Waals surface area contributed by atoms with Crippen LogP contribution in [-0.2, 0) is 18.9 Å². The highest BCUT2D eigenvalue weighted by atomic mass is 32.2. The zero-order valence-corrected chi connectivity index (χ0v) is 12.8. The van der Waals surface area contributed by atoms with Crippen molar-refractivity contribution >= 4 is 23.5 Å². The number of aryl methyl sites for hydroxylation is 3. The first-order valence-corrected chi connectivity index (χ1v) is 7.47. The molecular formula is C13H17N5OS. The maximum absolute atomic E-state index is 11.9. The number of nitrogens with one attached hydrogen (secondary N) is 1. The van der Waals surface area contributed by atoms with Crippen molar-refractivity contribution in [3.05, 3.63) is 28.7 Å². The van der Waals surface area contributed by atoms with E-state index in [0.717, 1.165) is 28.3 Å². The van der Waals surface area contributed by atoms with E-state index >= 15 is 0 Å². The molecule has 0 aromatic carbocycles. The molecule has 0 saturated heterocycles. The summed E-state index contributed by atoms with van der Waals surface area (Å²) in [4.78, 5) is 11.9. The van der Waals surface area contributed by atoms with Gasteiger partial charge in [0.05, 0.1) is 22.9 Å². The molecule has 6 nitrogen and oxygen atoms in total. The molecule has 0 bridgehead atoms. The van der Waals surface area contributed by atoms with E-state index in [0.29, 0.717) is 5.75 Å². The molecule has 0 unspecified atom stereocenters. The molecule has 1 atom stereocenters. The van der Waals surface area contributed by atoms with Gasteiger partial charge in [0, 0.05) is 30.9 Å². The molecule has 1 aliphatic rings. The van der Waals surface area contributed by atoms with Gasteiger partial charge >= 0.3 is 0 Å². The number of hydrogen-bond acceptors (Lipinski definition) is 4. The van der Waals surface area contributed by atoms with E-state index < -0.39 is 0 Å². The van der Waals surface area contributed by atoms with Gasteiger partial charge in [0.25, 0.3) is 0 Å². The predicted molar refractivity (Wildman–Crippen MR) is 78.8 cm³/mol. The number of aromatic nitrogens is 4. The van der Waals surface area contributed by atoms with E-state index in [9.17, 15) is 4.79 Å². The Kier molecular flexibility index (Phi) is 3.08. The molecule has 0 aliphatic carbocycles. The van der Waals surface area contributed by atoms with Crippen LogP contribution in [0.1, 0.15) is 27.8 Å². The highest BCUT2D eigenvalue weighted by molar-refractivity contribution is 8.00. The van der Waals surface area contributed by atoms with Crippen LogP contribution in [0.3, 0.4) is 0 Å². The average molecular weight is 291 g/mol. The lowest BCUT2D eigenvalue weighted by molar-refractivity contribution is -0.113. The Morgan fingerprint density at radius 2 is 2.10 bits per heavy atom. The van der Waals surface area contributed by atoms with Crippen molar-refractivity contribution < 1.29 is 4.79 Å². The molecule has 2 aromatic rings. The summed E-state index contributed by atoms with van der Waals surface area (Å²) >= 11 is 1.62. The van der Waals surface area contributed by atoms with Crippen LogP contribution in [0.25, 0.3) is 0 Å². The number of nitrogens with zero attached hydrogens (tertiary/aromatic N) is 4. The van der Waals surface area contributed by atoms with Crippen molar-refractivity contribution in [3.8, 4) is 0 Å². The number of carbonyl (C=O) groups is 1. The summed E-state index contributed by atoms with van der Waals surface area (Å²) in [5.74, 6) is 1.25. The van der Waals surface area contributed by atoms with Crippen LogP contribution in [0.15, 0.2) is 6.20 Å². The Morgan fingerprint density at radius 3 is 2.75 bits per heavy atom. The van der Waals surface area contributed by atoms with Gasteiger partial charge in [-0.1, -0.05) is 0 Å². The summed E-state index contributed by atoms with van der Waals surface area (Å²) in [6.45, 7) is 4.03. The third-order valence-corrected chi connectivity index (χ3v) is 4.98. The normalized spacial score (nSPS) is 18.6. The van der Waals surface area contributed by atoms with Crippen molar-refractivity contribution in [2.45, 2.75) is 19.1 Å². The van der Waals surface area contributed by atoms with Gasteiger partial charge in [-0.05, 0) is 13.8 Å². The summed E-state index contributed by atoms with van der Waals surface area (Å²) < 4.78 is 3.61. The number of fused-ring (bicyclic) bond motifs is 1. The fourth-order valence-electron chi connectivity index (χ4n) is 2.57. The van der Waals surface area contributed by atoms with E-state index in [1.54, 1.807) is 16.4 Å². The van der Waals surface area contributed by atoms with Crippen LogP contribution in [0.4, 0.5) is 5.82 Å². The van der Waals surface area contributed by atoms with Crippen molar-refractivity contribution in [3.63, 3.8) is 0 Å². The molecule has 1 amide bonds. The minimum absolute atomic E-state index is 0.0169. The summed E-state index contributed by atoms with van der Waals surface area (Å²) in [6.07, 6.45) is 1.89. The fraction of sp³-hybridized carbons (Fsp3) is 0.462.